The number of piperidine rings is 1. The summed E-state index contributed by atoms with van der Waals surface area (Å²) in [6, 6.07) is 1.13. The Morgan fingerprint density at radius 2 is 1.53 bits per heavy atom. The molecule has 1 aromatic rings. The van der Waals surface area contributed by atoms with Gasteiger partial charge in [0.2, 0.25) is 15.9 Å². The van der Waals surface area contributed by atoms with Crippen molar-refractivity contribution in [3.63, 3.8) is 0 Å². The molecule has 19 heteroatoms. The maximum Gasteiger partial charge on any atom is 0.490 e. The van der Waals surface area contributed by atoms with Crippen LogP contribution in [0.1, 0.15) is 12.8 Å². The van der Waals surface area contributed by atoms with Gasteiger partial charge in [0.05, 0.1) is 6.20 Å². The zero-order chi connectivity index (χ0) is 27.0. The van der Waals surface area contributed by atoms with Gasteiger partial charge in [0.1, 0.15) is 22.2 Å². The molecule has 1 aromatic heterocycles. The number of nitrogens with zero attached hydrogens (tertiary/aromatic N) is 1. The van der Waals surface area contributed by atoms with Crippen LogP contribution in [0.4, 0.5) is 30.7 Å². The Morgan fingerprint density at radius 3 is 1.85 bits per heavy atom. The number of nitrogens with two attached hydrogens (primary N) is 1. The molecule has 1 saturated heterocycles. The minimum atomic E-state index is -5.08. The second-order valence-electron chi connectivity index (χ2n) is 6.30. The zero-order valence-corrected chi connectivity index (χ0v) is 18.2. The summed E-state index contributed by atoms with van der Waals surface area (Å²) < 4.78 is 105. The Kier molecular flexibility index (Phi) is 11.4. The van der Waals surface area contributed by atoms with Crippen molar-refractivity contribution in [2.75, 3.05) is 19.7 Å². The molecule has 1 fully saturated rings. The Bertz CT molecular complexity index is 929. The number of ether oxygens (including phenoxy) is 1. The van der Waals surface area contributed by atoms with Crippen LogP contribution in [-0.2, 0) is 19.6 Å². The van der Waals surface area contributed by atoms with Crippen LogP contribution in [0.2, 0.25) is 5.02 Å². The van der Waals surface area contributed by atoms with Crippen molar-refractivity contribution >= 4 is 33.6 Å². The summed E-state index contributed by atoms with van der Waals surface area (Å²) >= 11 is 5.86. The molecule has 10 nitrogen and oxygen atoms in total. The highest BCUT2D eigenvalue weighted by atomic mass is 35.5. The van der Waals surface area contributed by atoms with Gasteiger partial charge < -0.3 is 20.3 Å². The Hall–Kier alpha value is -2.44. The van der Waals surface area contributed by atoms with E-state index < -0.39 is 40.0 Å². The summed E-state index contributed by atoms with van der Waals surface area (Å²) in [6.45, 7) is 1.01. The third-order valence-electron chi connectivity index (χ3n) is 3.56. The molecule has 34 heavy (non-hydrogen) atoms. The quantitative estimate of drug-likeness (QED) is 0.409. The van der Waals surface area contributed by atoms with Crippen molar-refractivity contribution in [2.24, 2.45) is 5.14 Å². The normalized spacial score (nSPS) is 15.7. The third-order valence-corrected chi connectivity index (χ3v) is 4.71. The summed E-state index contributed by atoms with van der Waals surface area (Å²) in [7, 11) is -3.87. The van der Waals surface area contributed by atoms with E-state index in [9.17, 15) is 39.2 Å². The predicted octanol–water partition coefficient (Wildman–Crippen LogP) is 2.12. The molecular formula is C15H17ClF7N3O7S. The molecule has 0 amide bonds. The van der Waals surface area contributed by atoms with Crippen molar-refractivity contribution in [3.8, 4) is 5.88 Å². The van der Waals surface area contributed by atoms with E-state index in [0.717, 1.165) is 12.3 Å². The van der Waals surface area contributed by atoms with Gasteiger partial charge in [-0.2, -0.15) is 26.3 Å². The summed E-state index contributed by atoms with van der Waals surface area (Å²) in [6.07, 6.45) is -8.44. The molecule has 0 atom stereocenters. The van der Waals surface area contributed by atoms with Crippen LogP contribution < -0.4 is 15.2 Å². The van der Waals surface area contributed by atoms with E-state index in [1.165, 1.54) is 0 Å². The first-order chi connectivity index (χ1) is 15.2. The van der Waals surface area contributed by atoms with Crippen LogP contribution >= 0.6 is 11.6 Å². The lowest BCUT2D eigenvalue weighted by molar-refractivity contribution is -0.193. The lowest BCUT2D eigenvalue weighted by Crippen LogP contribution is -2.42. The fourth-order valence-electron chi connectivity index (χ4n) is 1.89. The molecule has 0 aromatic carbocycles. The fraction of sp³-hybridized carbons (Fsp3) is 0.533. The van der Waals surface area contributed by atoms with Gasteiger partial charge in [-0.05, 0) is 32.0 Å². The Morgan fingerprint density at radius 1 is 1.12 bits per heavy atom. The van der Waals surface area contributed by atoms with Gasteiger partial charge in [-0.15, -0.1) is 0 Å². The zero-order valence-electron chi connectivity index (χ0n) is 16.6. The number of carboxylic acids is 2. The standard InChI is InChI=1S/C11H15ClFN3O3S.2C2HF3O2/c12-9-5-8(20(14,17)18)6-16-10(9)19-7-11(13)1-3-15-4-2-11;2*3-2(4,5)1(6)7/h5-6,15H,1-4,7H2,(H2,14,17,18);2*(H,6,7). The van der Waals surface area contributed by atoms with Crippen LogP contribution in [0.5, 0.6) is 5.88 Å². The van der Waals surface area contributed by atoms with Crippen LogP contribution in [0.25, 0.3) is 0 Å². The number of aliphatic carboxylic acids is 2. The molecule has 0 aliphatic carbocycles. The number of hydrogen-bond acceptors (Lipinski definition) is 7. The van der Waals surface area contributed by atoms with E-state index in [2.05, 4.69) is 10.3 Å². The van der Waals surface area contributed by atoms with Crippen LogP contribution in [0, 0.1) is 0 Å². The number of alkyl halides is 7. The highest BCUT2D eigenvalue weighted by Crippen LogP contribution is 2.28. The van der Waals surface area contributed by atoms with Crippen LogP contribution in [-0.4, -0.2) is 73.3 Å². The summed E-state index contributed by atoms with van der Waals surface area (Å²) in [5, 5.41) is 22.2. The SMILES string of the molecule is NS(=O)(=O)c1cnc(OCC2(F)CCNCC2)c(Cl)c1.O=C(O)C(F)(F)F.O=C(O)C(F)(F)F. The lowest BCUT2D eigenvalue weighted by Gasteiger charge is -2.29. The second-order valence-corrected chi connectivity index (χ2v) is 8.27. The summed E-state index contributed by atoms with van der Waals surface area (Å²) in [5.41, 5.74) is -1.42. The van der Waals surface area contributed by atoms with Crippen molar-refractivity contribution in [1.82, 2.24) is 10.3 Å². The Balaban J connectivity index is 0.000000642. The van der Waals surface area contributed by atoms with Crippen molar-refractivity contribution in [2.45, 2.75) is 35.8 Å². The predicted molar refractivity (Wildman–Crippen MR) is 99.4 cm³/mol. The number of aromatic nitrogens is 1. The van der Waals surface area contributed by atoms with E-state index in [1.807, 2.05) is 0 Å². The highest BCUT2D eigenvalue weighted by Gasteiger charge is 2.39. The molecule has 0 unspecified atom stereocenters. The first-order valence-corrected chi connectivity index (χ1v) is 10.4. The van der Waals surface area contributed by atoms with E-state index in [4.69, 9.17) is 41.3 Å². The molecule has 1 aliphatic heterocycles. The van der Waals surface area contributed by atoms with Gasteiger partial charge in [-0.25, -0.2) is 32.5 Å². The van der Waals surface area contributed by atoms with Crippen molar-refractivity contribution in [3.05, 3.63) is 17.3 Å². The molecule has 0 bridgehead atoms. The monoisotopic (exact) mass is 551 g/mol. The van der Waals surface area contributed by atoms with E-state index in [0.29, 0.717) is 25.9 Å². The van der Waals surface area contributed by atoms with Gasteiger partial charge in [0.25, 0.3) is 0 Å². The lowest BCUT2D eigenvalue weighted by atomic mass is 9.96. The van der Waals surface area contributed by atoms with E-state index in [-0.39, 0.29) is 22.4 Å². The van der Waals surface area contributed by atoms with Crippen LogP contribution in [0.3, 0.4) is 0 Å². The minimum absolute atomic E-state index is 0.00498. The van der Waals surface area contributed by atoms with Gasteiger partial charge in [0, 0.05) is 0 Å². The summed E-state index contributed by atoms with van der Waals surface area (Å²) in [4.78, 5) is 21.3. The van der Waals surface area contributed by atoms with Crippen molar-refractivity contribution in [1.29, 1.82) is 0 Å². The van der Waals surface area contributed by atoms with Crippen molar-refractivity contribution < 1.29 is 63.7 Å². The number of sulfonamides is 1. The molecule has 0 spiro atoms. The molecular weight excluding hydrogens is 535 g/mol. The highest BCUT2D eigenvalue weighted by molar-refractivity contribution is 7.89. The van der Waals surface area contributed by atoms with E-state index in [1.54, 1.807) is 0 Å². The number of primary sulfonamides is 1. The second kappa shape index (κ2) is 12.3. The average molecular weight is 552 g/mol. The Labute approximate surface area is 191 Å². The first-order valence-electron chi connectivity index (χ1n) is 8.50. The smallest absolute Gasteiger partial charge is 0.475 e. The fourth-order valence-corrected chi connectivity index (χ4v) is 2.65. The number of halogens is 8. The molecule has 5 N–H and O–H groups in total. The van der Waals surface area contributed by atoms with Gasteiger partial charge in [-0.3, -0.25) is 0 Å². The molecule has 2 heterocycles. The number of nitrogens with one attached hydrogen (secondary N) is 1. The number of carbonyl (C=O) groups is 2. The molecule has 0 radical (unpaired) electrons. The van der Waals surface area contributed by atoms with Gasteiger partial charge in [-0.1, -0.05) is 11.6 Å². The molecule has 196 valence electrons. The molecule has 0 saturated carbocycles. The maximum absolute atomic E-state index is 14.3. The van der Waals surface area contributed by atoms with E-state index >= 15 is 0 Å². The first kappa shape index (κ1) is 31.6. The molecule has 1 aliphatic rings. The molecule has 2 rings (SSSR count). The number of carboxylic acid groups (broad SMARTS) is 2. The number of hydrogen-bond donors (Lipinski definition) is 4. The minimum Gasteiger partial charge on any atom is -0.475 e. The largest absolute Gasteiger partial charge is 0.490 e. The topological polar surface area (TPSA) is 169 Å². The maximum atomic E-state index is 14.3. The summed E-state index contributed by atoms with van der Waals surface area (Å²) in [5.74, 6) is -5.52. The van der Waals surface area contributed by atoms with Gasteiger partial charge >= 0.3 is 24.3 Å². The van der Waals surface area contributed by atoms with Crippen LogP contribution in [0.15, 0.2) is 17.2 Å². The number of pyridine rings is 1. The number of rotatable bonds is 4. The third kappa shape index (κ3) is 12.1. The van der Waals surface area contributed by atoms with Gasteiger partial charge in [0.15, 0.2) is 0 Å². The average Bonchev–Trinajstić information content (AvgIpc) is 2.66.